The predicted molar refractivity (Wildman–Crippen MR) is 59.0 cm³/mol. The molecule has 2 atom stereocenters. The van der Waals surface area contributed by atoms with Crippen LogP contribution in [0, 0.1) is 0 Å². The minimum absolute atomic E-state index is 0.525. The third kappa shape index (κ3) is 1.85. The highest BCUT2D eigenvalue weighted by Crippen LogP contribution is 2.33. The van der Waals surface area contributed by atoms with E-state index >= 15 is 0 Å². The molecule has 1 aromatic heterocycles. The lowest BCUT2D eigenvalue weighted by Gasteiger charge is -2.28. The van der Waals surface area contributed by atoms with Crippen LogP contribution in [0.1, 0.15) is 37.4 Å². The molecule has 2 aliphatic heterocycles. The van der Waals surface area contributed by atoms with Gasteiger partial charge in [0.15, 0.2) is 0 Å². The number of aromatic nitrogens is 3. The van der Waals surface area contributed by atoms with Crippen LogP contribution < -0.4 is 5.32 Å². The fourth-order valence-electron chi connectivity index (χ4n) is 2.95. The molecule has 1 aromatic rings. The Morgan fingerprint density at radius 2 is 2.19 bits per heavy atom. The van der Waals surface area contributed by atoms with E-state index in [2.05, 4.69) is 15.6 Å². The molecule has 0 aliphatic carbocycles. The van der Waals surface area contributed by atoms with Gasteiger partial charge in [0.2, 0.25) is 0 Å². The Bertz CT molecular complexity index is 353. The standard InChI is InChI=1S/C11H18N4O/c1-16-7-10-6-15(14-13-10)11-4-8-2-3-9(5-11)12-8/h6,8-9,11-12H,2-5,7H2,1H3. The second-order valence-corrected chi connectivity index (χ2v) is 4.89. The Kier molecular flexibility index (Phi) is 2.65. The monoisotopic (exact) mass is 222 g/mol. The topological polar surface area (TPSA) is 52.0 Å². The van der Waals surface area contributed by atoms with Gasteiger partial charge in [0, 0.05) is 19.2 Å². The second kappa shape index (κ2) is 4.14. The molecule has 0 spiro atoms. The van der Waals surface area contributed by atoms with E-state index in [9.17, 15) is 0 Å². The molecule has 3 rings (SSSR count). The van der Waals surface area contributed by atoms with E-state index in [0.29, 0.717) is 24.7 Å². The van der Waals surface area contributed by atoms with Crippen LogP contribution in [0.3, 0.4) is 0 Å². The second-order valence-electron chi connectivity index (χ2n) is 4.89. The molecule has 1 N–H and O–H groups in total. The van der Waals surface area contributed by atoms with Crippen LogP contribution in [-0.2, 0) is 11.3 Å². The molecule has 2 unspecified atom stereocenters. The molecule has 5 nitrogen and oxygen atoms in total. The number of methoxy groups -OCH3 is 1. The summed E-state index contributed by atoms with van der Waals surface area (Å²) < 4.78 is 7.08. The quantitative estimate of drug-likeness (QED) is 0.825. The molecule has 3 heterocycles. The van der Waals surface area contributed by atoms with E-state index in [1.165, 1.54) is 25.7 Å². The predicted octanol–water partition coefficient (Wildman–Crippen LogP) is 0.880. The van der Waals surface area contributed by atoms with Crippen LogP contribution in [0.25, 0.3) is 0 Å². The average Bonchev–Trinajstić information content (AvgIpc) is 2.87. The zero-order valence-electron chi connectivity index (χ0n) is 9.59. The molecule has 0 aromatic carbocycles. The zero-order chi connectivity index (χ0) is 11.0. The molecule has 2 aliphatic rings. The first-order chi connectivity index (χ1) is 7.85. The number of fused-ring (bicyclic) bond motifs is 2. The summed E-state index contributed by atoms with van der Waals surface area (Å²) in [5.41, 5.74) is 0.924. The van der Waals surface area contributed by atoms with Crippen molar-refractivity contribution in [2.24, 2.45) is 0 Å². The Hall–Kier alpha value is -0.940. The molecular weight excluding hydrogens is 204 g/mol. The van der Waals surface area contributed by atoms with Crippen LogP contribution in [0.4, 0.5) is 0 Å². The summed E-state index contributed by atoms with van der Waals surface area (Å²) in [5.74, 6) is 0. The summed E-state index contributed by atoms with van der Waals surface area (Å²) >= 11 is 0. The van der Waals surface area contributed by atoms with Crippen molar-refractivity contribution in [1.82, 2.24) is 20.3 Å². The van der Waals surface area contributed by atoms with E-state index in [1.807, 2.05) is 10.9 Å². The highest BCUT2D eigenvalue weighted by Gasteiger charge is 2.34. The number of hydrogen-bond donors (Lipinski definition) is 1. The third-order valence-corrected chi connectivity index (χ3v) is 3.67. The first-order valence-corrected chi connectivity index (χ1v) is 6.01. The summed E-state index contributed by atoms with van der Waals surface area (Å²) in [6, 6.07) is 1.91. The Balaban J connectivity index is 1.71. The van der Waals surface area contributed by atoms with Gasteiger partial charge in [0.1, 0.15) is 5.69 Å². The maximum atomic E-state index is 5.05. The zero-order valence-corrected chi connectivity index (χ0v) is 9.59. The van der Waals surface area contributed by atoms with E-state index in [4.69, 9.17) is 4.74 Å². The lowest BCUT2D eigenvalue weighted by Crippen LogP contribution is -2.39. The van der Waals surface area contributed by atoms with Crippen molar-refractivity contribution in [2.75, 3.05) is 7.11 Å². The fourth-order valence-corrected chi connectivity index (χ4v) is 2.95. The molecule has 5 heteroatoms. The normalized spacial score (nSPS) is 33.2. The number of nitrogens with zero attached hydrogens (tertiary/aromatic N) is 3. The summed E-state index contributed by atoms with van der Waals surface area (Å²) in [6.45, 7) is 0.553. The third-order valence-electron chi connectivity index (χ3n) is 3.67. The minimum atomic E-state index is 0.525. The molecule has 2 bridgehead atoms. The summed E-state index contributed by atoms with van der Waals surface area (Å²) in [4.78, 5) is 0. The Labute approximate surface area is 95.2 Å². The van der Waals surface area contributed by atoms with Gasteiger partial charge in [0.05, 0.1) is 18.8 Å². The van der Waals surface area contributed by atoms with Crippen molar-refractivity contribution < 1.29 is 4.74 Å². The average molecular weight is 222 g/mol. The molecule has 88 valence electrons. The van der Waals surface area contributed by atoms with Crippen LogP contribution in [0.2, 0.25) is 0 Å². The SMILES string of the molecule is COCc1cn(C2CC3CCC(C2)N3)nn1. The van der Waals surface area contributed by atoms with Gasteiger partial charge >= 0.3 is 0 Å². The number of piperidine rings is 1. The van der Waals surface area contributed by atoms with Gasteiger partial charge in [-0.15, -0.1) is 5.10 Å². The van der Waals surface area contributed by atoms with Gasteiger partial charge in [-0.3, -0.25) is 0 Å². The van der Waals surface area contributed by atoms with Crippen LogP contribution in [0.5, 0.6) is 0 Å². The smallest absolute Gasteiger partial charge is 0.108 e. The van der Waals surface area contributed by atoms with Crippen molar-refractivity contribution >= 4 is 0 Å². The van der Waals surface area contributed by atoms with E-state index < -0.39 is 0 Å². The lowest BCUT2D eigenvalue weighted by molar-refractivity contribution is 0.181. The maximum Gasteiger partial charge on any atom is 0.108 e. The lowest BCUT2D eigenvalue weighted by atomic mass is 10.0. The molecular formula is C11H18N4O. The molecule has 16 heavy (non-hydrogen) atoms. The van der Waals surface area contributed by atoms with Crippen molar-refractivity contribution in [3.63, 3.8) is 0 Å². The summed E-state index contributed by atoms with van der Waals surface area (Å²) in [6.07, 6.45) is 7.04. The van der Waals surface area contributed by atoms with Gasteiger partial charge in [-0.05, 0) is 25.7 Å². The number of nitrogens with one attached hydrogen (secondary N) is 1. The van der Waals surface area contributed by atoms with Gasteiger partial charge in [0.25, 0.3) is 0 Å². The first-order valence-electron chi connectivity index (χ1n) is 6.01. The van der Waals surface area contributed by atoms with Crippen LogP contribution >= 0.6 is 0 Å². The highest BCUT2D eigenvalue weighted by molar-refractivity contribution is 4.97. The van der Waals surface area contributed by atoms with Crippen molar-refractivity contribution in [2.45, 2.75) is 50.4 Å². The van der Waals surface area contributed by atoms with Crippen LogP contribution in [-0.4, -0.2) is 34.2 Å². The molecule has 0 radical (unpaired) electrons. The minimum Gasteiger partial charge on any atom is -0.378 e. The summed E-state index contributed by atoms with van der Waals surface area (Å²) in [5, 5.41) is 12.0. The van der Waals surface area contributed by atoms with Gasteiger partial charge < -0.3 is 10.1 Å². The van der Waals surface area contributed by atoms with Gasteiger partial charge in [-0.1, -0.05) is 5.21 Å². The van der Waals surface area contributed by atoms with E-state index in [-0.39, 0.29) is 0 Å². The van der Waals surface area contributed by atoms with Crippen molar-refractivity contribution in [3.05, 3.63) is 11.9 Å². The molecule has 2 fully saturated rings. The first kappa shape index (κ1) is 10.2. The Morgan fingerprint density at radius 1 is 1.44 bits per heavy atom. The van der Waals surface area contributed by atoms with Crippen LogP contribution in [0.15, 0.2) is 6.20 Å². The fraction of sp³-hybridized carbons (Fsp3) is 0.818. The highest BCUT2D eigenvalue weighted by atomic mass is 16.5. The molecule has 2 saturated heterocycles. The number of rotatable bonds is 3. The molecule has 0 amide bonds. The number of ether oxygens (including phenoxy) is 1. The maximum absolute atomic E-state index is 5.05. The summed E-state index contributed by atoms with van der Waals surface area (Å²) in [7, 11) is 1.68. The van der Waals surface area contributed by atoms with E-state index in [0.717, 1.165) is 5.69 Å². The Morgan fingerprint density at radius 3 is 2.88 bits per heavy atom. The van der Waals surface area contributed by atoms with Crippen molar-refractivity contribution in [1.29, 1.82) is 0 Å². The van der Waals surface area contributed by atoms with Crippen molar-refractivity contribution in [3.8, 4) is 0 Å². The molecule has 0 saturated carbocycles. The van der Waals surface area contributed by atoms with Gasteiger partial charge in [-0.2, -0.15) is 0 Å². The largest absolute Gasteiger partial charge is 0.378 e. The van der Waals surface area contributed by atoms with E-state index in [1.54, 1.807) is 7.11 Å². The number of hydrogen-bond acceptors (Lipinski definition) is 4. The van der Waals surface area contributed by atoms with Gasteiger partial charge in [-0.25, -0.2) is 4.68 Å².